The van der Waals surface area contributed by atoms with E-state index in [9.17, 15) is 9.50 Å². The summed E-state index contributed by atoms with van der Waals surface area (Å²) in [4.78, 5) is 9.00. The second-order valence-electron chi connectivity index (χ2n) is 8.20. The molecule has 1 aliphatic heterocycles. The van der Waals surface area contributed by atoms with Crippen LogP contribution in [0.4, 0.5) is 15.9 Å². The monoisotopic (exact) mass is 432 g/mol. The third-order valence-corrected chi connectivity index (χ3v) is 6.33. The fraction of sp³-hybridized carbons (Fsp3) is 0.280. The first-order valence-corrected chi connectivity index (χ1v) is 10.7. The van der Waals surface area contributed by atoms with Gasteiger partial charge in [-0.3, -0.25) is 4.40 Å². The zero-order valence-electron chi connectivity index (χ0n) is 18.1. The van der Waals surface area contributed by atoms with Crippen LogP contribution in [0.1, 0.15) is 34.7 Å². The Bertz CT molecular complexity index is 1290. The molecule has 1 aliphatic rings. The lowest BCUT2D eigenvalue weighted by Gasteiger charge is -2.17. The van der Waals surface area contributed by atoms with Crippen LogP contribution in [0.5, 0.6) is 0 Å². The van der Waals surface area contributed by atoms with E-state index < -0.39 is 0 Å². The van der Waals surface area contributed by atoms with E-state index in [2.05, 4.69) is 29.1 Å². The summed E-state index contributed by atoms with van der Waals surface area (Å²) in [5, 5.41) is 13.2. The second-order valence-corrected chi connectivity index (χ2v) is 8.20. The Morgan fingerprint density at radius 3 is 2.84 bits per heavy atom. The van der Waals surface area contributed by atoms with E-state index in [1.54, 1.807) is 12.4 Å². The molecule has 0 aliphatic carbocycles. The van der Waals surface area contributed by atoms with Gasteiger partial charge in [-0.15, -0.1) is 0 Å². The van der Waals surface area contributed by atoms with Gasteiger partial charge in [-0.25, -0.2) is 14.4 Å². The third-order valence-electron chi connectivity index (χ3n) is 6.33. The molecule has 32 heavy (non-hydrogen) atoms. The molecule has 164 valence electrons. The first kappa shape index (κ1) is 20.6. The molecule has 1 aromatic carbocycles. The number of ether oxygens (including phenoxy) is 1. The lowest BCUT2D eigenvalue weighted by Crippen LogP contribution is -2.07. The predicted octanol–water partition coefficient (Wildman–Crippen LogP) is 4.89. The maximum atomic E-state index is 13.5. The van der Waals surface area contributed by atoms with E-state index in [1.807, 2.05) is 28.7 Å². The number of halogens is 1. The van der Waals surface area contributed by atoms with Gasteiger partial charge in [-0.2, -0.15) is 0 Å². The van der Waals surface area contributed by atoms with Gasteiger partial charge in [0.25, 0.3) is 0 Å². The Hall–Kier alpha value is -3.29. The highest BCUT2D eigenvalue weighted by Crippen LogP contribution is 2.33. The fourth-order valence-electron chi connectivity index (χ4n) is 4.39. The molecular weight excluding hydrogens is 407 g/mol. The molecule has 0 radical (unpaired) electrons. The molecule has 1 unspecified atom stereocenters. The van der Waals surface area contributed by atoms with Crippen LogP contribution in [0.2, 0.25) is 0 Å². The second kappa shape index (κ2) is 8.33. The topological polar surface area (TPSA) is 71.7 Å². The van der Waals surface area contributed by atoms with Crippen molar-refractivity contribution >= 4 is 17.2 Å². The van der Waals surface area contributed by atoms with Crippen molar-refractivity contribution in [2.75, 3.05) is 18.5 Å². The molecule has 2 N–H and O–H groups in total. The predicted molar refractivity (Wildman–Crippen MR) is 122 cm³/mol. The fourth-order valence-corrected chi connectivity index (χ4v) is 4.39. The van der Waals surface area contributed by atoms with Gasteiger partial charge in [0.05, 0.1) is 30.8 Å². The number of pyridine rings is 2. The summed E-state index contributed by atoms with van der Waals surface area (Å²) in [6.45, 7) is 5.45. The van der Waals surface area contributed by atoms with Crippen molar-refractivity contribution in [1.29, 1.82) is 0 Å². The Morgan fingerprint density at radius 1 is 1.19 bits per heavy atom. The SMILES string of the molecule is Cc1c(Nc2ccc(C3CCOC3)c(CO)n2)ccc(-c2cnc3cc(F)ccn23)c1C. The third kappa shape index (κ3) is 3.63. The number of nitrogens with zero attached hydrogens (tertiary/aromatic N) is 3. The van der Waals surface area contributed by atoms with Gasteiger partial charge in [0, 0.05) is 36.0 Å². The molecule has 0 bridgehead atoms. The van der Waals surface area contributed by atoms with Crippen molar-refractivity contribution in [2.24, 2.45) is 0 Å². The number of aliphatic hydroxyl groups excluding tert-OH is 1. The molecule has 1 atom stereocenters. The lowest BCUT2D eigenvalue weighted by atomic mass is 9.97. The Morgan fingerprint density at radius 2 is 2.06 bits per heavy atom. The van der Waals surface area contributed by atoms with E-state index in [-0.39, 0.29) is 12.4 Å². The summed E-state index contributed by atoms with van der Waals surface area (Å²) in [7, 11) is 0. The van der Waals surface area contributed by atoms with E-state index in [1.165, 1.54) is 12.1 Å². The average Bonchev–Trinajstić information content (AvgIpc) is 3.47. The van der Waals surface area contributed by atoms with Crippen LogP contribution in [0.25, 0.3) is 16.9 Å². The molecule has 0 spiro atoms. The molecule has 4 aromatic rings. The first-order valence-electron chi connectivity index (χ1n) is 10.7. The normalized spacial score (nSPS) is 16.1. The summed E-state index contributed by atoms with van der Waals surface area (Å²) in [6.07, 6.45) is 4.42. The number of nitrogens with one attached hydrogen (secondary N) is 1. The molecule has 5 rings (SSSR count). The van der Waals surface area contributed by atoms with Crippen LogP contribution >= 0.6 is 0 Å². The number of rotatable bonds is 5. The van der Waals surface area contributed by atoms with Gasteiger partial charge in [-0.1, -0.05) is 12.1 Å². The standard InChI is InChI=1S/C25H25FN4O2/c1-15-16(2)21(5-3-19(15)23-12-27-25-11-18(26)7-9-30(23)25)28-24-6-4-20(22(13-31)29-24)17-8-10-32-14-17/h3-7,9,11-12,17,31H,8,10,13-14H2,1-2H3,(H,28,29). The molecule has 3 aromatic heterocycles. The van der Waals surface area contributed by atoms with Crippen LogP contribution in [-0.4, -0.2) is 32.7 Å². The van der Waals surface area contributed by atoms with Crippen LogP contribution in [-0.2, 0) is 11.3 Å². The van der Waals surface area contributed by atoms with E-state index >= 15 is 0 Å². The number of aromatic nitrogens is 3. The molecule has 0 saturated carbocycles. The largest absolute Gasteiger partial charge is 0.390 e. The lowest BCUT2D eigenvalue weighted by molar-refractivity contribution is 0.193. The van der Waals surface area contributed by atoms with Crippen LogP contribution in [0, 0.1) is 19.7 Å². The zero-order valence-corrected chi connectivity index (χ0v) is 18.1. The smallest absolute Gasteiger partial charge is 0.140 e. The summed E-state index contributed by atoms with van der Waals surface area (Å²) >= 11 is 0. The minimum absolute atomic E-state index is 0.104. The Labute approximate surface area is 185 Å². The van der Waals surface area contributed by atoms with Crippen molar-refractivity contribution in [3.05, 3.63) is 77.0 Å². The number of imidazole rings is 1. The molecular formula is C25H25FN4O2. The van der Waals surface area contributed by atoms with Crippen molar-refractivity contribution in [3.8, 4) is 11.3 Å². The Kier molecular flexibility index (Phi) is 5.36. The highest BCUT2D eigenvalue weighted by Gasteiger charge is 2.21. The quantitative estimate of drug-likeness (QED) is 0.470. The van der Waals surface area contributed by atoms with E-state index in [0.29, 0.717) is 29.7 Å². The minimum atomic E-state index is -0.302. The molecule has 4 heterocycles. The highest BCUT2D eigenvalue weighted by atomic mass is 19.1. The van der Waals surface area contributed by atoms with Crippen molar-refractivity contribution in [1.82, 2.24) is 14.4 Å². The van der Waals surface area contributed by atoms with Crippen LogP contribution < -0.4 is 5.32 Å². The van der Waals surface area contributed by atoms with Gasteiger partial charge in [0.1, 0.15) is 17.3 Å². The van der Waals surface area contributed by atoms with E-state index in [4.69, 9.17) is 4.74 Å². The molecule has 0 amide bonds. The average molecular weight is 432 g/mol. The summed E-state index contributed by atoms with van der Waals surface area (Å²) in [5.41, 5.74) is 7.40. The number of fused-ring (bicyclic) bond motifs is 1. The van der Waals surface area contributed by atoms with Crippen molar-refractivity contribution < 1.29 is 14.2 Å². The van der Waals surface area contributed by atoms with Crippen molar-refractivity contribution in [2.45, 2.75) is 32.8 Å². The number of anilines is 2. The van der Waals surface area contributed by atoms with Crippen LogP contribution in [0.15, 0.2) is 48.8 Å². The maximum Gasteiger partial charge on any atom is 0.140 e. The number of benzene rings is 1. The minimum Gasteiger partial charge on any atom is -0.390 e. The highest BCUT2D eigenvalue weighted by molar-refractivity contribution is 5.74. The van der Waals surface area contributed by atoms with Gasteiger partial charge in [-0.05, 0) is 55.2 Å². The summed E-state index contributed by atoms with van der Waals surface area (Å²) < 4.78 is 20.9. The first-order chi connectivity index (χ1) is 15.5. The molecule has 7 heteroatoms. The summed E-state index contributed by atoms with van der Waals surface area (Å²) in [6, 6.07) is 10.9. The van der Waals surface area contributed by atoms with Crippen molar-refractivity contribution in [3.63, 3.8) is 0 Å². The van der Waals surface area contributed by atoms with Crippen LogP contribution in [0.3, 0.4) is 0 Å². The van der Waals surface area contributed by atoms with Gasteiger partial charge in [0.2, 0.25) is 0 Å². The number of hydrogen-bond acceptors (Lipinski definition) is 5. The molecule has 6 nitrogen and oxygen atoms in total. The van der Waals surface area contributed by atoms with E-state index in [0.717, 1.165) is 46.7 Å². The molecule has 1 saturated heterocycles. The summed E-state index contributed by atoms with van der Waals surface area (Å²) in [5.74, 6) is 0.682. The number of aliphatic hydroxyl groups is 1. The number of hydrogen-bond donors (Lipinski definition) is 2. The van der Waals surface area contributed by atoms with Gasteiger partial charge < -0.3 is 15.2 Å². The Balaban J connectivity index is 1.46. The maximum absolute atomic E-state index is 13.5. The van der Waals surface area contributed by atoms with Gasteiger partial charge >= 0.3 is 0 Å². The van der Waals surface area contributed by atoms with Gasteiger partial charge in [0.15, 0.2) is 0 Å². The molecule has 1 fully saturated rings. The zero-order chi connectivity index (χ0) is 22.2.